The molecule has 236 valence electrons. The highest BCUT2D eigenvalue weighted by Gasteiger charge is 2.51. The second kappa shape index (κ2) is 16.6. The molecule has 19 heteroatoms. The number of amides is 1. The predicted octanol–water partition coefficient (Wildman–Crippen LogP) is 0.127. The fourth-order valence-corrected chi connectivity index (χ4v) is 6.96. The monoisotopic (exact) mass is 664 g/mol. The summed E-state index contributed by atoms with van der Waals surface area (Å²) in [6.07, 6.45) is -4.62. The first-order valence-corrected chi connectivity index (χ1v) is 17.3. The maximum atomic E-state index is 13.5. The van der Waals surface area contributed by atoms with Crippen molar-refractivity contribution in [3.63, 3.8) is 0 Å². The van der Waals surface area contributed by atoms with Gasteiger partial charge in [0.15, 0.2) is 32.3 Å². The maximum Gasteiger partial charge on any atom is 0.511 e. The summed E-state index contributed by atoms with van der Waals surface area (Å²) >= 11 is -4.99. The van der Waals surface area contributed by atoms with Crippen LogP contribution in [-0.2, 0) is 62.2 Å². The van der Waals surface area contributed by atoms with Crippen molar-refractivity contribution in [1.29, 1.82) is 0 Å². The van der Waals surface area contributed by atoms with E-state index in [-0.39, 0.29) is 13.0 Å². The number of rotatable bonds is 17. The average molecular weight is 665 g/mol. The molecule has 15 nitrogen and oxygen atoms in total. The Hall–Kier alpha value is -2.00. The van der Waals surface area contributed by atoms with Gasteiger partial charge in [0.2, 0.25) is 12.2 Å². The van der Waals surface area contributed by atoms with Gasteiger partial charge in [-0.15, -0.1) is 0 Å². The summed E-state index contributed by atoms with van der Waals surface area (Å²) in [4.78, 5) is 37.7. The van der Waals surface area contributed by atoms with Crippen molar-refractivity contribution < 1.29 is 59.6 Å². The first-order valence-electron chi connectivity index (χ1n) is 12.1. The van der Waals surface area contributed by atoms with Gasteiger partial charge in [0.05, 0.1) is 18.5 Å². The highest BCUT2D eigenvalue weighted by Crippen LogP contribution is 2.33. The van der Waals surface area contributed by atoms with Crippen molar-refractivity contribution in [2.75, 3.05) is 18.6 Å². The maximum absolute atomic E-state index is 13.5. The molecule has 0 aliphatic heterocycles. The van der Waals surface area contributed by atoms with Crippen LogP contribution in [0.3, 0.4) is 0 Å². The van der Waals surface area contributed by atoms with Crippen LogP contribution in [0, 0.1) is 5.92 Å². The molecule has 0 radical (unpaired) electrons. The molecule has 0 saturated carbocycles. The Kier molecular flexibility index (Phi) is 15.0. The summed E-state index contributed by atoms with van der Waals surface area (Å²) < 4.78 is 80.4. The molecule has 1 aromatic rings. The molecule has 0 bridgehead atoms. The lowest BCUT2D eigenvalue weighted by atomic mass is 9.91. The minimum Gasteiger partial charge on any atom is -0.435 e. The number of hydrogen-bond donors (Lipinski definition) is 5. The quantitative estimate of drug-likeness (QED) is 0.0844. The number of ether oxygens (including phenoxy) is 3. The van der Waals surface area contributed by atoms with E-state index < -0.39 is 103 Å². The Morgan fingerprint density at radius 3 is 2.24 bits per heavy atom. The molecule has 1 heterocycles. The molecule has 1 amide bonds. The number of hydrogen-bond acceptors (Lipinski definition) is 13. The van der Waals surface area contributed by atoms with Crippen molar-refractivity contribution >= 4 is 61.4 Å². The summed E-state index contributed by atoms with van der Waals surface area (Å²) in [7, 11) is -3.61. The summed E-state index contributed by atoms with van der Waals surface area (Å²) in [5, 5.41) is 15.8. The van der Waals surface area contributed by atoms with Crippen LogP contribution in [0.5, 0.6) is 0 Å². The fourth-order valence-electron chi connectivity index (χ4n) is 3.67. The number of carbonyl (C=O) groups excluding carboxylic acids is 3. The zero-order valence-electron chi connectivity index (χ0n) is 22.8. The van der Waals surface area contributed by atoms with Gasteiger partial charge in [-0.2, -0.15) is 11.3 Å². The molecule has 0 aliphatic rings. The van der Waals surface area contributed by atoms with E-state index in [4.69, 9.17) is 15.2 Å². The van der Waals surface area contributed by atoms with E-state index in [0.29, 0.717) is 5.56 Å². The summed E-state index contributed by atoms with van der Waals surface area (Å²) in [5.74, 6) is -4.11. The SMILES string of the molecule is CCOC(=O)OC(C)OC(=O)C(NC(=O)C(Cc1ccsc1)CC(C(N)CCS(C)(=O)=O)(S(=O)O)S(=O)O)C(C)O. The molecule has 0 spiro atoms. The van der Waals surface area contributed by atoms with Crippen LogP contribution in [0.15, 0.2) is 16.8 Å². The number of aliphatic hydroxyl groups is 1. The standard InChI is InChI=1S/C22H36N2O13S4/c1-5-35-21(28)37-14(3)36-20(27)18(13(2)25)24-19(26)16(10-15-6-8-38-12-15)11-22(39(29)30,40(31)32)17(23)7-9-41(4,33)34/h6,8,12-14,16-18,25H,5,7,9-11,23H2,1-4H3,(H,24,26)(H,29,30)(H,31,32). The molecule has 0 fully saturated rings. The normalized spacial score (nSPS) is 18.4. The Bertz CT molecular complexity index is 1160. The highest BCUT2D eigenvalue weighted by atomic mass is 32.3. The van der Waals surface area contributed by atoms with Crippen LogP contribution in [0.25, 0.3) is 0 Å². The van der Waals surface area contributed by atoms with Crippen LogP contribution in [0.4, 0.5) is 4.79 Å². The van der Waals surface area contributed by atoms with Crippen molar-refractivity contribution in [3.8, 4) is 0 Å². The lowest BCUT2D eigenvalue weighted by Crippen LogP contribution is -2.58. The Labute approximate surface area is 247 Å². The molecular formula is C22H36N2O13S4. The second-order valence-electron chi connectivity index (χ2n) is 9.10. The zero-order chi connectivity index (χ0) is 31.5. The molecule has 1 rings (SSSR count). The number of sulfone groups is 1. The Morgan fingerprint density at radius 2 is 1.78 bits per heavy atom. The van der Waals surface area contributed by atoms with Gasteiger partial charge in [-0.05, 0) is 55.5 Å². The van der Waals surface area contributed by atoms with Gasteiger partial charge in [-0.1, -0.05) is 0 Å². The third-order valence-electron chi connectivity index (χ3n) is 5.76. The number of nitrogens with one attached hydrogen (secondary N) is 1. The van der Waals surface area contributed by atoms with Gasteiger partial charge in [-0.25, -0.2) is 26.4 Å². The molecule has 6 N–H and O–H groups in total. The fraction of sp³-hybridized carbons (Fsp3) is 0.682. The van der Waals surface area contributed by atoms with E-state index in [1.165, 1.54) is 25.2 Å². The molecular weight excluding hydrogens is 629 g/mol. The first kappa shape index (κ1) is 37.0. The van der Waals surface area contributed by atoms with Crippen molar-refractivity contribution in [2.24, 2.45) is 11.7 Å². The second-order valence-corrected chi connectivity index (χ2v) is 14.9. The summed E-state index contributed by atoms with van der Waals surface area (Å²) in [5.41, 5.74) is 6.60. The van der Waals surface area contributed by atoms with Gasteiger partial charge in [0, 0.05) is 25.1 Å². The predicted molar refractivity (Wildman–Crippen MR) is 150 cm³/mol. The molecule has 0 saturated heterocycles. The number of thiophene rings is 1. The lowest BCUT2D eigenvalue weighted by molar-refractivity contribution is -0.174. The van der Waals surface area contributed by atoms with Gasteiger partial charge >= 0.3 is 12.1 Å². The van der Waals surface area contributed by atoms with Gasteiger partial charge in [0.1, 0.15) is 9.84 Å². The molecule has 7 unspecified atom stereocenters. The van der Waals surface area contributed by atoms with E-state index >= 15 is 0 Å². The van der Waals surface area contributed by atoms with Crippen molar-refractivity contribution in [3.05, 3.63) is 22.4 Å². The minimum atomic E-state index is -3.61. The Morgan fingerprint density at radius 1 is 1.17 bits per heavy atom. The van der Waals surface area contributed by atoms with Crippen molar-refractivity contribution in [1.82, 2.24) is 5.32 Å². The van der Waals surface area contributed by atoms with Crippen LogP contribution < -0.4 is 11.1 Å². The van der Waals surface area contributed by atoms with E-state index in [1.807, 2.05) is 0 Å². The van der Waals surface area contributed by atoms with E-state index in [9.17, 15) is 45.4 Å². The summed E-state index contributed by atoms with van der Waals surface area (Å²) in [6, 6.07) is -1.70. The molecule has 0 aliphatic carbocycles. The topological polar surface area (TPSA) is 246 Å². The third kappa shape index (κ3) is 11.7. The zero-order valence-corrected chi connectivity index (χ0v) is 26.1. The molecule has 41 heavy (non-hydrogen) atoms. The molecule has 7 atom stereocenters. The average Bonchev–Trinajstić information content (AvgIpc) is 3.35. The largest absolute Gasteiger partial charge is 0.511 e. The van der Waals surface area contributed by atoms with E-state index in [2.05, 4.69) is 10.1 Å². The van der Waals surface area contributed by atoms with Crippen LogP contribution in [-0.4, -0.2) is 96.3 Å². The van der Waals surface area contributed by atoms with Crippen LogP contribution in [0.1, 0.15) is 39.2 Å². The number of esters is 1. The van der Waals surface area contributed by atoms with Gasteiger partial charge in [0.25, 0.3) is 0 Å². The third-order valence-corrected chi connectivity index (χ3v) is 10.4. The van der Waals surface area contributed by atoms with Crippen LogP contribution >= 0.6 is 11.3 Å². The number of nitrogens with two attached hydrogens (primary N) is 1. The smallest absolute Gasteiger partial charge is 0.435 e. The summed E-state index contributed by atoms with van der Waals surface area (Å²) in [6.45, 7) is 3.87. The first-order chi connectivity index (χ1) is 18.9. The number of carbonyl (C=O) groups is 3. The molecule has 1 aromatic heterocycles. The van der Waals surface area contributed by atoms with Crippen LogP contribution in [0.2, 0.25) is 0 Å². The Balaban J connectivity index is 3.33. The molecule has 0 aromatic carbocycles. The number of aliphatic hydroxyl groups excluding tert-OH is 1. The van der Waals surface area contributed by atoms with Gasteiger partial charge in [-0.3, -0.25) is 4.79 Å². The van der Waals surface area contributed by atoms with E-state index in [0.717, 1.165) is 13.2 Å². The lowest BCUT2D eigenvalue weighted by Gasteiger charge is -2.35. The highest BCUT2D eigenvalue weighted by molar-refractivity contribution is 7.99. The van der Waals surface area contributed by atoms with Gasteiger partial charge < -0.3 is 39.5 Å². The van der Waals surface area contributed by atoms with Crippen molar-refractivity contribution in [2.45, 2.75) is 68.6 Å². The van der Waals surface area contributed by atoms with E-state index in [1.54, 1.807) is 16.8 Å². The minimum absolute atomic E-state index is 0.00592.